The van der Waals surface area contributed by atoms with Gasteiger partial charge in [-0.25, -0.2) is 0 Å². The van der Waals surface area contributed by atoms with Crippen LogP contribution in [0.5, 0.6) is 5.75 Å². The van der Waals surface area contributed by atoms with E-state index in [2.05, 4.69) is 10.6 Å². The van der Waals surface area contributed by atoms with E-state index in [4.69, 9.17) is 23.2 Å². The molecule has 0 bridgehead atoms. The van der Waals surface area contributed by atoms with E-state index in [0.717, 1.165) is 19.4 Å². The van der Waals surface area contributed by atoms with Crippen LogP contribution < -0.4 is 10.6 Å². The average Bonchev–Trinajstić information content (AvgIpc) is 2.79. The highest BCUT2D eigenvalue weighted by Gasteiger charge is 2.22. The minimum absolute atomic E-state index is 0.111. The quantitative estimate of drug-likeness (QED) is 0.726. The molecule has 2 rings (SSSR count). The summed E-state index contributed by atoms with van der Waals surface area (Å²) in [7, 11) is 0. The number of carbonyl (C=O) groups excluding carboxylic acids is 1. The monoisotopic (exact) mass is 274 g/mol. The number of amides is 1. The number of anilines is 1. The van der Waals surface area contributed by atoms with Gasteiger partial charge in [-0.2, -0.15) is 0 Å². The van der Waals surface area contributed by atoms with Crippen LogP contribution in [0.4, 0.5) is 5.69 Å². The fraction of sp³-hybridized carbons (Fsp3) is 0.364. The van der Waals surface area contributed by atoms with Crippen LogP contribution in [-0.4, -0.2) is 23.6 Å². The Labute approximate surface area is 109 Å². The summed E-state index contributed by atoms with van der Waals surface area (Å²) in [5.74, 6) is -0.286. The summed E-state index contributed by atoms with van der Waals surface area (Å²) >= 11 is 11.5. The first-order valence-electron chi connectivity index (χ1n) is 5.30. The normalized spacial score (nSPS) is 19.3. The van der Waals surface area contributed by atoms with E-state index in [0.29, 0.717) is 5.69 Å². The Morgan fingerprint density at radius 3 is 2.59 bits per heavy atom. The van der Waals surface area contributed by atoms with Crippen molar-refractivity contribution in [3.63, 3.8) is 0 Å². The molecular formula is C11H12Cl2N2O2. The van der Waals surface area contributed by atoms with Crippen LogP contribution in [0.25, 0.3) is 0 Å². The van der Waals surface area contributed by atoms with Crippen LogP contribution >= 0.6 is 23.2 Å². The largest absolute Gasteiger partial charge is 0.505 e. The zero-order chi connectivity index (χ0) is 12.4. The molecule has 1 aliphatic rings. The second kappa shape index (κ2) is 5.12. The molecule has 1 amide bonds. The molecule has 1 aromatic carbocycles. The molecule has 3 N–H and O–H groups in total. The van der Waals surface area contributed by atoms with E-state index < -0.39 is 0 Å². The van der Waals surface area contributed by atoms with Gasteiger partial charge in [0, 0.05) is 5.69 Å². The van der Waals surface area contributed by atoms with Crippen LogP contribution in [0, 0.1) is 0 Å². The third-order valence-electron chi connectivity index (χ3n) is 2.66. The van der Waals surface area contributed by atoms with Crippen molar-refractivity contribution in [2.45, 2.75) is 18.9 Å². The number of carbonyl (C=O) groups is 1. The summed E-state index contributed by atoms with van der Waals surface area (Å²) in [6, 6.07) is 2.77. The van der Waals surface area contributed by atoms with Gasteiger partial charge >= 0.3 is 0 Å². The lowest BCUT2D eigenvalue weighted by Gasteiger charge is -2.12. The molecule has 0 spiro atoms. The molecule has 1 saturated heterocycles. The summed E-state index contributed by atoms with van der Waals surface area (Å²) in [6.07, 6.45) is 1.82. The third-order valence-corrected chi connectivity index (χ3v) is 3.24. The van der Waals surface area contributed by atoms with Gasteiger partial charge in [0.2, 0.25) is 5.91 Å². The average molecular weight is 275 g/mol. The fourth-order valence-corrected chi connectivity index (χ4v) is 2.26. The maximum atomic E-state index is 11.8. The second-order valence-corrected chi connectivity index (χ2v) is 4.74. The van der Waals surface area contributed by atoms with Crippen molar-refractivity contribution in [1.29, 1.82) is 0 Å². The standard InChI is InChI=1S/C11H12Cl2N2O2/c12-7-4-6(5-8(13)10(7)16)15-11(17)9-2-1-3-14-9/h4-5,9,14,16H,1-3H2,(H,15,17)/t9-/m1/s1. The lowest BCUT2D eigenvalue weighted by atomic mass is 10.2. The molecule has 0 aromatic heterocycles. The van der Waals surface area contributed by atoms with Crippen LogP contribution in [0.2, 0.25) is 10.0 Å². The van der Waals surface area contributed by atoms with Crippen LogP contribution in [0.15, 0.2) is 12.1 Å². The molecule has 0 unspecified atom stereocenters. The molecule has 1 aliphatic heterocycles. The fourth-order valence-electron chi connectivity index (χ4n) is 1.78. The lowest BCUT2D eigenvalue weighted by Crippen LogP contribution is -2.35. The first kappa shape index (κ1) is 12.5. The van der Waals surface area contributed by atoms with Gasteiger partial charge in [-0.3, -0.25) is 4.79 Å². The van der Waals surface area contributed by atoms with Gasteiger partial charge in [0.1, 0.15) is 0 Å². The number of aromatic hydroxyl groups is 1. The molecule has 17 heavy (non-hydrogen) atoms. The summed E-state index contributed by atoms with van der Waals surface area (Å²) in [5.41, 5.74) is 0.483. The van der Waals surface area contributed by atoms with Crippen molar-refractivity contribution in [3.8, 4) is 5.75 Å². The van der Waals surface area contributed by atoms with Gasteiger partial charge in [-0.1, -0.05) is 23.2 Å². The second-order valence-electron chi connectivity index (χ2n) is 3.93. The molecule has 0 aliphatic carbocycles. The number of hydrogen-bond acceptors (Lipinski definition) is 3. The predicted octanol–water partition coefficient (Wildman–Crippen LogP) is 2.39. The first-order chi connectivity index (χ1) is 8.08. The highest BCUT2D eigenvalue weighted by atomic mass is 35.5. The Balaban J connectivity index is 2.10. The van der Waals surface area contributed by atoms with Crippen LogP contribution in [0.3, 0.4) is 0 Å². The van der Waals surface area contributed by atoms with Gasteiger partial charge in [-0.05, 0) is 31.5 Å². The van der Waals surface area contributed by atoms with Crippen molar-refractivity contribution >= 4 is 34.8 Å². The summed E-state index contributed by atoms with van der Waals surface area (Å²) in [6.45, 7) is 0.856. The summed E-state index contributed by atoms with van der Waals surface area (Å²) in [4.78, 5) is 11.8. The van der Waals surface area contributed by atoms with Crippen molar-refractivity contribution in [2.24, 2.45) is 0 Å². The Morgan fingerprint density at radius 1 is 1.41 bits per heavy atom. The van der Waals surface area contributed by atoms with Crippen molar-refractivity contribution in [1.82, 2.24) is 5.32 Å². The lowest BCUT2D eigenvalue weighted by molar-refractivity contribution is -0.117. The maximum Gasteiger partial charge on any atom is 0.241 e. The van der Waals surface area contributed by atoms with Gasteiger partial charge in [0.15, 0.2) is 5.75 Å². The summed E-state index contributed by atoms with van der Waals surface area (Å²) < 4.78 is 0. The number of hydrogen-bond donors (Lipinski definition) is 3. The smallest absolute Gasteiger partial charge is 0.241 e. The molecule has 92 valence electrons. The highest BCUT2D eigenvalue weighted by Crippen LogP contribution is 2.34. The molecule has 1 atom stereocenters. The van der Waals surface area contributed by atoms with Gasteiger partial charge < -0.3 is 15.7 Å². The van der Waals surface area contributed by atoms with E-state index in [1.54, 1.807) is 0 Å². The first-order valence-corrected chi connectivity index (χ1v) is 6.06. The Morgan fingerprint density at radius 2 is 2.06 bits per heavy atom. The predicted molar refractivity (Wildman–Crippen MR) is 67.8 cm³/mol. The number of nitrogens with one attached hydrogen (secondary N) is 2. The number of benzene rings is 1. The molecule has 0 radical (unpaired) electrons. The topological polar surface area (TPSA) is 61.4 Å². The number of phenols is 1. The van der Waals surface area contributed by atoms with Gasteiger partial charge in [0.25, 0.3) is 0 Å². The zero-order valence-electron chi connectivity index (χ0n) is 8.96. The van der Waals surface area contributed by atoms with E-state index in [1.165, 1.54) is 12.1 Å². The van der Waals surface area contributed by atoms with E-state index in [9.17, 15) is 9.90 Å². The van der Waals surface area contributed by atoms with Crippen molar-refractivity contribution < 1.29 is 9.90 Å². The molecule has 4 nitrogen and oxygen atoms in total. The Bertz CT molecular complexity index is 422. The number of halogens is 2. The highest BCUT2D eigenvalue weighted by molar-refractivity contribution is 6.37. The molecule has 1 aromatic rings. The number of rotatable bonds is 2. The molecular weight excluding hydrogens is 263 g/mol. The maximum absolute atomic E-state index is 11.8. The van der Waals surface area contributed by atoms with E-state index >= 15 is 0 Å². The number of phenolic OH excluding ortho intramolecular Hbond substituents is 1. The molecule has 6 heteroatoms. The van der Waals surface area contributed by atoms with E-state index in [1.807, 2.05) is 0 Å². The minimum atomic E-state index is -0.176. The van der Waals surface area contributed by atoms with Gasteiger partial charge in [0.05, 0.1) is 16.1 Å². The molecule has 1 fully saturated rings. The minimum Gasteiger partial charge on any atom is -0.505 e. The van der Waals surface area contributed by atoms with Gasteiger partial charge in [-0.15, -0.1) is 0 Å². The van der Waals surface area contributed by atoms with Crippen LogP contribution in [-0.2, 0) is 4.79 Å². The van der Waals surface area contributed by atoms with E-state index in [-0.39, 0.29) is 27.7 Å². The van der Waals surface area contributed by atoms with Crippen molar-refractivity contribution in [2.75, 3.05) is 11.9 Å². The third kappa shape index (κ3) is 2.83. The van der Waals surface area contributed by atoms with Crippen LogP contribution in [0.1, 0.15) is 12.8 Å². The zero-order valence-corrected chi connectivity index (χ0v) is 10.5. The Hall–Kier alpha value is -0.970. The molecule has 1 heterocycles. The summed E-state index contributed by atoms with van der Waals surface area (Å²) in [5, 5.41) is 15.4. The SMILES string of the molecule is O=C(Nc1cc(Cl)c(O)c(Cl)c1)[C@H]1CCCN1. The van der Waals surface area contributed by atoms with Crippen molar-refractivity contribution in [3.05, 3.63) is 22.2 Å². The molecule has 0 saturated carbocycles. The Kier molecular flexibility index (Phi) is 3.76.